The lowest BCUT2D eigenvalue weighted by molar-refractivity contribution is -0.340. The number of carboxylic acid groups (broad SMARTS) is 1. The number of hydrogen-bond acceptors (Lipinski definition) is 16. The van der Waals surface area contributed by atoms with Crippen molar-refractivity contribution >= 4 is 11.8 Å². The zero-order valence-electron chi connectivity index (χ0n) is 17.9. The Labute approximate surface area is 196 Å². The van der Waals surface area contributed by atoms with E-state index in [0.29, 0.717) is 0 Å². The quantitative estimate of drug-likeness (QED) is 0.128. The Morgan fingerprint density at radius 3 is 1.77 bits per heavy atom. The number of aliphatic hydroxyl groups excluding tert-OH is 11. The van der Waals surface area contributed by atoms with Crippen molar-refractivity contribution in [2.75, 3.05) is 13.2 Å². The second kappa shape index (κ2) is 12.2. The van der Waals surface area contributed by atoms with Gasteiger partial charge in [0.05, 0.1) is 13.2 Å². The van der Waals surface area contributed by atoms with Gasteiger partial charge in [0.1, 0.15) is 73.2 Å². The third-order valence-corrected chi connectivity index (χ3v) is 5.83. The second-order valence-corrected chi connectivity index (χ2v) is 8.17. The molecule has 17 nitrogen and oxygen atoms in total. The number of hydrogen-bond donors (Lipinski definition) is 12. The van der Waals surface area contributed by atoms with E-state index in [1.165, 1.54) is 0 Å². The number of Topliss-reactive ketones (excluding diaryl/α,β-unsaturated/α-hetero) is 1. The fourth-order valence-corrected chi connectivity index (χ4v) is 3.68. The molecule has 17 heteroatoms. The van der Waals surface area contributed by atoms with Gasteiger partial charge in [0.25, 0.3) is 0 Å². The summed E-state index contributed by atoms with van der Waals surface area (Å²) in [6.45, 7) is -1.80. The smallest absolute Gasteiger partial charge is 0.335 e. The number of aliphatic hydroxyl groups is 11. The van der Waals surface area contributed by atoms with Gasteiger partial charge in [-0.15, -0.1) is 0 Å². The highest BCUT2D eigenvalue weighted by Gasteiger charge is 2.53. The first-order valence-corrected chi connectivity index (χ1v) is 10.4. The van der Waals surface area contributed by atoms with E-state index >= 15 is 0 Å². The number of carboxylic acids is 1. The molecular weight excluding hydrogens is 488 g/mol. The molecule has 14 atom stereocenters. The van der Waals surface area contributed by atoms with Crippen LogP contribution in [0.1, 0.15) is 0 Å². The molecule has 0 saturated carbocycles. The molecule has 0 amide bonds. The van der Waals surface area contributed by atoms with E-state index in [0.717, 1.165) is 0 Å². The summed E-state index contributed by atoms with van der Waals surface area (Å²) in [6, 6.07) is 0. The Morgan fingerprint density at radius 1 is 0.714 bits per heavy atom. The summed E-state index contributed by atoms with van der Waals surface area (Å²) in [5, 5.41) is 117. The summed E-state index contributed by atoms with van der Waals surface area (Å²) in [4.78, 5) is 23.3. The molecule has 0 aliphatic carbocycles. The number of carbonyl (C=O) groups is 2. The summed E-state index contributed by atoms with van der Waals surface area (Å²) in [5.41, 5.74) is 0. The standard InChI is InChI=1S/C18H30O17/c19-1-3-5(21)6(22)14(30)18(34-3)35-15-4(2-20)33-16(12(28)11(15)27)10(26)8(24)7(23)9(25)13(29)17(31)32/h3-9,11-16,18-25,27-30H,1-2H2,(H,31,32)/t3-,4-,5+,6+,7-,8-,9+,11-,12-,13+,14-,15-,16?,18+/m1/s1. The maximum Gasteiger partial charge on any atom is 0.335 e. The van der Waals surface area contributed by atoms with Crippen LogP contribution < -0.4 is 0 Å². The first-order chi connectivity index (χ1) is 16.3. The Balaban J connectivity index is 2.16. The van der Waals surface area contributed by atoms with E-state index in [-0.39, 0.29) is 0 Å². The molecule has 2 saturated heterocycles. The molecule has 2 fully saturated rings. The monoisotopic (exact) mass is 518 g/mol. The average molecular weight is 518 g/mol. The Hall–Kier alpha value is -1.42. The van der Waals surface area contributed by atoms with Crippen molar-refractivity contribution in [3.63, 3.8) is 0 Å². The van der Waals surface area contributed by atoms with Crippen molar-refractivity contribution < 1.29 is 85.1 Å². The SMILES string of the molecule is O=C(O)[C@@H](O)[C@@H](O)[C@H](O)[C@@H](O)C(=O)C1O[C@H](CO)[C@@H](O[C@@H]2O[C@H](CO)[C@H](O)[C@H](O)[C@H]2O)[C@H](O)[C@H]1O. The largest absolute Gasteiger partial charge is 0.479 e. The summed E-state index contributed by atoms with van der Waals surface area (Å²) < 4.78 is 15.6. The molecule has 0 spiro atoms. The number of carbonyl (C=O) groups excluding carboxylic acids is 1. The predicted octanol–water partition coefficient (Wildman–Crippen LogP) is -8.25. The van der Waals surface area contributed by atoms with Crippen LogP contribution >= 0.6 is 0 Å². The summed E-state index contributed by atoms with van der Waals surface area (Å²) in [5.74, 6) is -3.54. The minimum absolute atomic E-state index is 0.806. The van der Waals surface area contributed by atoms with Crippen molar-refractivity contribution in [2.24, 2.45) is 0 Å². The van der Waals surface area contributed by atoms with E-state index in [1.807, 2.05) is 0 Å². The predicted molar refractivity (Wildman–Crippen MR) is 103 cm³/mol. The van der Waals surface area contributed by atoms with Crippen molar-refractivity contribution in [3.8, 4) is 0 Å². The highest BCUT2D eigenvalue weighted by molar-refractivity contribution is 5.88. The van der Waals surface area contributed by atoms with Crippen LogP contribution in [-0.4, -0.2) is 172 Å². The number of ketones is 1. The molecule has 2 aliphatic heterocycles. The molecule has 2 aliphatic rings. The van der Waals surface area contributed by atoms with Gasteiger partial charge in [-0.1, -0.05) is 0 Å². The van der Waals surface area contributed by atoms with Gasteiger partial charge >= 0.3 is 5.97 Å². The van der Waals surface area contributed by atoms with Gasteiger partial charge in [0.2, 0.25) is 0 Å². The highest BCUT2D eigenvalue weighted by atomic mass is 16.7. The van der Waals surface area contributed by atoms with Gasteiger partial charge in [-0.2, -0.15) is 0 Å². The fourth-order valence-electron chi connectivity index (χ4n) is 3.68. The normalized spacial score (nSPS) is 41.6. The van der Waals surface area contributed by atoms with Crippen LogP contribution in [-0.2, 0) is 23.8 Å². The highest BCUT2D eigenvalue weighted by Crippen LogP contribution is 2.30. The number of aliphatic carboxylic acids is 1. The van der Waals surface area contributed by atoms with Crippen molar-refractivity contribution in [2.45, 2.75) is 85.6 Å². The molecule has 35 heavy (non-hydrogen) atoms. The average Bonchev–Trinajstić information content (AvgIpc) is 2.84. The summed E-state index contributed by atoms with van der Waals surface area (Å²) in [6.07, 6.45) is -28.9. The van der Waals surface area contributed by atoms with Crippen LogP contribution in [0.4, 0.5) is 0 Å². The molecule has 12 N–H and O–H groups in total. The van der Waals surface area contributed by atoms with Crippen LogP contribution in [0.5, 0.6) is 0 Å². The maximum atomic E-state index is 12.5. The topological polar surface area (TPSA) is 305 Å². The van der Waals surface area contributed by atoms with Crippen LogP contribution in [0.25, 0.3) is 0 Å². The molecule has 0 radical (unpaired) electrons. The fraction of sp³-hybridized carbons (Fsp3) is 0.889. The zero-order valence-corrected chi connectivity index (χ0v) is 17.9. The Kier molecular flexibility index (Phi) is 10.4. The molecule has 0 aromatic heterocycles. The van der Waals surface area contributed by atoms with Crippen molar-refractivity contribution in [3.05, 3.63) is 0 Å². The second-order valence-electron chi connectivity index (χ2n) is 8.17. The number of ether oxygens (including phenoxy) is 3. The van der Waals surface area contributed by atoms with Crippen LogP contribution in [0, 0.1) is 0 Å². The molecular formula is C18H30O17. The van der Waals surface area contributed by atoms with Crippen LogP contribution in [0.15, 0.2) is 0 Å². The molecule has 1 unspecified atom stereocenters. The zero-order chi connectivity index (χ0) is 26.8. The minimum Gasteiger partial charge on any atom is -0.479 e. The van der Waals surface area contributed by atoms with Gasteiger partial charge in [-0.05, 0) is 0 Å². The third kappa shape index (κ3) is 6.12. The first-order valence-electron chi connectivity index (χ1n) is 10.4. The lowest BCUT2D eigenvalue weighted by Gasteiger charge is -2.46. The molecule has 0 bridgehead atoms. The Bertz CT molecular complexity index is 717. The van der Waals surface area contributed by atoms with Gasteiger partial charge in [0, 0.05) is 0 Å². The van der Waals surface area contributed by atoms with Crippen LogP contribution in [0.2, 0.25) is 0 Å². The van der Waals surface area contributed by atoms with Crippen molar-refractivity contribution in [1.82, 2.24) is 0 Å². The summed E-state index contributed by atoms with van der Waals surface area (Å²) in [7, 11) is 0. The van der Waals surface area contributed by atoms with E-state index < -0.39 is 111 Å². The molecule has 2 rings (SSSR count). The minimum atomic E-state index is -2.62. The molecule has 0 aromatic rings. The van der Waals surface area contributed by atoms with E-state index in [9.17, 15) is 65.8 Å². The summed E-state index contributed by atoms with van der Waals surface area (Å²) >= 11 is 0. The van der Waals surface area contributed by atoms with E-state index in [2.05, 4.69) is 0 Å². The Morgan fingerprint density at radius 2 is 1.26 bits per heavy atom. The van der Waals surface area contributed by atoms with Gasteiger partial charge in [-0.25, -0.2) is 4.79 Å². The van der Waals surface area contributed by atoms with Crippen LogP contribution in [0.3, 0.4) is 0 Å². The lowest BCUT2D eigenvalue weighted by atomic mass is 9.88. The maximum absolute atomic E-state index is 12.5. The van der Waals surface area contributed by atoms with E-state index in [1.54, 1.807) is 0 Å². The van der Waals surface area contributed by atoms with Gasteiger partial charge in [-0.3, -0.25) is 4.79 Å². The first kappa shape index (κ1) is 29.8. The van der Waals surface area contributed by atoms with Gasteiger partial charge in [0.15, 0.2) is 18.2 Å². The third-order valence-electron chi connectivity index (χ3n) is 5.83. The molecule has 204 valence electrons. The van der Waals surface area contributed by atoms with Crippen molar-refractivity contribution in [1.29, 1.82) is 0 Å². The lowest BCUT2D eigenvalue weighted by Crippen LogP contribution is -2.66. The number of rotatable bonds is 10. The molecule has 0 aromatic carbocycles. The van der Waals surface area contributed by atoms with Gasteiger partial charge < -0.3 is 75.5 Å². The van der Waals surface area contributed by atoms with E-state index in [4.69, 9.17) is 19.3 Å². The molecule has 2 heterocycles.